The van der Waals surface area contributed by atoms with Crippen LogP contribution in [0.2, 0.25) is 0 Å². The van der Waals surface area contributed by atoms with Gasteiger partial charge in [-0.1, -0.05) is 13.8 Å². The zero-order valence-corrected chi connectivity index (χ0v) is 9.57. The van der Waals surface area contributed by atoms with Crippen molar-refractivity contribution in [1.29, 1.82) is 0 Å². The monoisotopic (exact) mass is 203 g/mol. The maximum absolute atomic E-state index is 4.64. The Bertz CT molecular complexity index is 455. The van der Waals surface area contributed by atoms with E-state index < -0.39 is 0 Å². The van der Waals surface area contributed by atoms with Crippen LogP contribution in [-0.2, 0) is 0 Å². The number of hydrogen-bond donors (Lipinski definition) is 0. The van der Waals surface area contributed by atoms with Crippen molar-refractivity contribution in [3.05, 3.63) is 29.7 Å². The van der Waals surface area contributed by atoms with Crippen molar-refractivity contribution in [2.24, 2.45) is 0 Å². The van der Waals surface area contributed by atoms with E-state index in [0.29, 0.717) is 5.92 Å². The van der Waals surface area contributed by atoms with Crippen LogP contribution in [0.3, 0.4) is 0 Å². The molecule has 0 radical (unpaired) electrons. The van der Waals surface area contributed by atoms with Crippen molar-refractivity contribution in [3.8, 4) is 0 Å². The van der Waals surface area contributed by atoms with Crippen molar-refractivity contribution in [3.63, 3.8) is 0 Å². The second kappa shape index (κ2) is 4.01. The fourth-order valence-corrected chi connectivity index (χ4v) is 2.01. The van der Waals surface area contributed by atoms with E-state index in [4.69, 9.17) is 0 Å². The molecule has 0 N–H and O–H groups in total. The molecule has 2 heterocycles. The van der Waals surface area contributed by atoms with Crippen molar-refractivity contribution in [1.82, 2.24) is 14.6 Å². The largest absolute Gasteiger partial charge is 0.233 e. The third-order valence-corrected chi connectivity index (χ3v) is 2.96. The molecule has 0 aliphatic rings. The zero-order chi connectivity index (χ0) is 10.8. The van der Waals surface area contributed by atoms with Gasteiger partial charge >= 0.3 is 0 Å². The number of nitrogens with zero attached hydrogens (tertiary/aromatic N) is 3. The summed E-state index contributed by atoms with van der Waals surface area (Å²) < 4.78 is 1.88. The molecule has 0 spiro atoms. The van der Waals surface area contributed by atoms with Gasteiger partial charge in [-0.3, -0.25) is 0 Å². The van der Waals surface area contributed by atoms with Gasteiger partial charge in [0.15, 0.2) is 5.65 Å². The Labute approximate surface area is 90.1 Å². The summed E-state index contributed by atoms with van der Waals surface area (Å²) >= 11 is 0. The molecule has 0 aliphatic carbocycles. The maximum atomic E-state index is 4.64. The quantitative estimate of drug-likeness (QED) is 0.767. The summed E-state index contributed by atoms with van der Waals surface area (Å²) in [5.74, 6) is 0.573. The molecule has 0 bridgehead atoms. The Morgan fingerprint density at radius 3 is 2.73 bits per heavy atom. The molecule has 3 heteroatoms. The summed E-state index contributed by atoms with van der Waals surface area (Å²) in [6, 6.07) is 4.11. The average molecular weight is 203 g/mol. The second-order valence-electron chi connectivity index (χ2n) is 3.94. The Kier molecular flexibility index (Phi) is 2.71. The minimum atomic E-state index is 0.573. The van der Waals surface area contributed by atoms with E-state index in [1.807, 2.05) is 10.6 Å². The highest BCUT2D eigenvalue weighted by Gasteiger charge is 2.10. The molecule has 80 valence electrons. The van der Waals surface area contributed by atoms with E-state index in [-0.39, 0.29) is 0 Å². The Morgan fingerprint density at radius 2 is 2.07 bits per heavy atom. The van der Waals surface area contributed by atoms with Crippen molar-refractivity contribution >= 4 is 5.65 Å². The van der Waals surface area contributed by atoms with Crippen molar-refractivity contribution in [2.75, 3.05) is 0 Å². The maximum Gasteiger partial charge on any atom is 0.155 e. The summed E-state index contributed by atoms with van der Waals surface area (Å²) in [6.07, 6.45) is 4.09. The third-order valence-electron chi connectivity index (χ3n) is 2.96. The van der Waals surface area contributed by atoms with E-state index in [2.05, 4.69) is 36.9 Å². The van der Waals surface area contributed by atoms with Crippen LogP contribution in [0, 0.1) is 6.92 Å². The van der Waals surface area contributed by atoms with Gasteiger partial charge in [0.25, 0.3) is 0 Å². The van der Waals surface area contributed by atoms with E-state index >= 15 is 0 Å². The molecule has 0 unspecified atom stereocenters. The Balaban J connectivity index is 2.52. The lowest BCUT2D eigenvalue weighted by Gasteiger charge is -2.12. The predicted molar refractivity (Wildman–Crippen MR) is 61.0 cm³/mol. The summed E-state index contributed by atoms with van der Waals surface area (Å²) in [7, 11) is 0. The molecule has 0 saturated carbocycles. The smallest absolute Gasteiger partial charge is 0.155 e. The molecule has 0 atom stereocenters. The van der Waals surface area contributed by atoms with Gasteiger partial charge in [0.05, 0.1) is 6.20 Å². The van der Waals surface area contributed by atoms with Crippen LogP contribution in [0.25, 0.3) is 5.65 Å². The van der Waals surface area contributed by atoms with Gasteiger partial charge in [-0.25, -0.2) is 9.50 Å². The molecule has 0 amide bonds. The van der Waals surface area contributed by atoms with Gasteiger partial charge in [0.2, 0.25) is 0 Å². The first-order valence-electron chi connectivity index (χ1n) is 5.57. The van der Waals surface area contributed by atoms with Crippen LogP contribution in [0.4, 0.5) is 0 Å². The average Bonchev–Trinajstić information content (AvgIpc) is 2.68. The minimum Gasteiger partial charge on any atom is -0.233 e. The highest BCUT2D eigenvalue weighted by Crippen LogP contribution is 2.22. The molecule has 0 saturated heterocycles. The minimum absolute atomic E-state index is 0.573. The summed E-state index contributed by atoms with van der Waals surface area (Å²) in [5.41, 5.74) is 3.31. The molecule has 0 aliphatic heterocycles. The number of hydrogen-bond acceptors (Lipinski definition) is 2. The zero-order valence-electron chi connectivity index (χ0n) is 9.57. The SMILES string of the molecule is CCC(CC)c1cc(C)n2nccc2n1. The highest BCUT2D eigenvalue weighted by molar-refractivity contribution is 5.39. The fourth-order valence-electron chi connectivity index (χ4n) is 2.01. The van der Waals surface area contributed by atoms with Crippen LogP contribution in [-0.4, -0.2) is 14.6 Å². The molecule has 2 aromatic heterocycles. The Hall–Kier alpha value is -1.38. The summed E-state index contributed by atoms with van der Waals surface area (Å²) in [6.45, 7) is 6.51. The van der Waals surface area contributed by atoms with Crippen LogP contribution in [0.1, 0.15) is 44.0 Å². The molecule has 2 aromatic rings. The van der Waals surface area contributed by atoms with Crippen LogP contribution in [0.15, 0.2) is 18.3 Å². The first-order valence-corrected chi connectivity index (χ1v) is 5.57. The second-order valence-corrected chi connectivity index (χ2v) is 3.94. The van der Waals surface area contributed by atoms with Gasteiger partial charge in [0.1, 0.15) is 0 Å². The van der Waals surface area contributed by atoms with Crippen LogP contribution < -0.4 is 0 Å². The number of rotatable bonds is 3. The molecule has 3 nitrogen and oxygen atoms in total. The molecule has 2 rings (SSSR count). The van der Waals surface area contributed by atoms with Gasteiger partial charge in [-0.05, 0) is 25.8 Å². The van der Waals surface area contributed by atoms with E-state index in [1.165, 1.54) is 5.69 Å². The first-order chi connectivity index (χ1) is 7.26. The van der Waals surface area contributed by atoms with E-state index in [9.17, 15) is 0 Å². The van der Waals surface area contributed by atoms with Crippen LogP contribution in [0.5, 0.6) is 0 Å². The van der Waals surface area contributed by atoms with Gasteiger partial charge < -0.3 is 0 Å². The third kappa shape index (κ3) is 1.74. The summed E-state index contributed by atoms with van der Waals surface area (Å²) in [4.78, 5) is 4.64. The highest BCUT2D eigenvalue weighted by atomic mass is 15.2. The Morgan fingerprint density at radius 1 is 1.33 bits per heavy atom. The lowest BCUT2D eigenvalue weighted by atomic mass is 9.99. The standard InChI is InChI=1S/C12H17N3/c1-4-10(5-2)11-8-9(3)15-12(14-11)6-7-13-15/h6-8,10H,4-5H2,1-3H3. The van der Waals surface area contributed by atoms with Crippen molar-refractivity contribution in [2.45, 2.75) is 39.5 Å². The lowest BCUT2D eigenvalue weighted by molar-refractivity contribution is 0.620. The normalized spacial score (nSPS) is 11.5. The topological polar surface area (TPSA) is 30.2 Å². The number of aromatic nitrogens is 3. The first kappa shape index (κ1) is 10.1. The molecule has 15 heavy (non-hydrogen) atoms. The van der Waals surface area contributed by atoms with Crippen LogP contribution >= 0.6 is 0 Å². The fraction of sp³-hybridized carbons (Fsp3) is 0.500. The van der Waals surface area contributed by atoms with E-state index in [1.54, 1.807) is 6.20 Å². The molecular formula is C12H17N3. The van der Waals surface area contributed by atoms with Gasteiger partial charge in [-0.15, -0.1) is 0 Å². The molecule has 0 fully saturated rings. The summed E-state index contributed by atoms with van der Waals surface area (Å²) in [5, 5.41) is 4.22. The van der Waals surface area contributed by atoms with Crippen molar-refractivity contribution < 1.29 is 0 Å². The van der Waals surface area contributed by atoms with E-state index in [0.717, 1.165) is 24.2 Å². The molecule has 0 aromatic carbocycles. The number of aryl methyl sites for hydroxylation is 1. The lowest BCUT2D eigenvalue weighted by Crippen LogP contribution is -2.04. The van der Waals surface area contributed by atoms with Gasteiger partial charge in [-0.2, -0.15) is 5.10 Å². The molecular weight excluding hydrogens is 186 g/mol. The predicted octanol–water partition coefficient (Wildman–Crippen LogP) is 2.94. The number of fused-ring (bicyclic) bond motifs is 1. The van der Waals surface area contributed by atoms with Gasteiger partial charge in [0, 0.05) is 23.4 Å².